The lowest BCUT2D eigenvalue weighted by Crippen LogP contribution is -2.30. The van der Waals surface area contributed by atoms with Crippen LogP contribution in [0.15, 0.2) is 4.52 Å². The molecule has 0 saturated carbocycles. The van der Waals surface area contributed by atoms with Crippen LogP contribution in [-0.4, -0.2) is 28.5 Å². The van der Waals surface area contributed by atoms with Crippen molar-refractivity contribution in [3.63, 3.8) is 0 Å². The van der Waals surface area contributed by atoms with E-state index in [0.717, 1.165) is 42.6 Å². The zero-order valence-corrected chi connectivity index (χ0v) is 11.8. The van der Waals surface area contributed by atoms with E-state index in [0.29, 0.717) is 6.04 Å². The molecule has 0 aliphatic heterocycles. The Morgan fingerprint density at radius 3 is 2.82 bits per heavy atom. The van der Waals surface area contributed by atoms with Gasteiger partial charge in [-0.25, -0.2) is 0 Å². The molecule has 1 N–H and O–H groups in total. The summed E-state index contributed by atoms with van der Waals surface area (Å²) < 4.78 is 5.26. The summed E-state index contributed by atoms with van der Waals surface area (Å²) in [6, 6.07) is 0.441. The first-order chi connectivity index (χ1) is 8.30. The van der Waals surface area contributed by atoms with E-state index in [1.807, 2.05) is 11.8 Å². The van der Waals surface area contributed by atoms with E-state index < -0.39 is 0 Å². The summed E-state index contributed by atoms with van der Waals surface area (Å²) in [7, 11) is 0. The van der Waals surface area contributed by atoms with Crippen molar-refractivity contribution in [3.05, 3.63) is 11.7 Å². The molecule has 98 valence electrons. The van der Waals surface area contributed by atoms with Gasteiger partial charge >= 0.3 is 0 Å². The molecular formula is C12H23N3OS. The van der Waals surface area contributed by atoms with E-state index in [-0.39, 0.29) is 0 Å². The number of thioether (sulfide) groups is 1. The van der Waals surface area contributed by atoms with Crippen molar-refractivity contribution in [1.82, 2.24) is 15.5 Å². The van der Waals surface area contributed by atoms with Crippen LogP contribution in [0.2, 0.25) is 0 Å². The van der Waals surface area contributed by atoms with Crippen molar-refractivity contribution in [2.45, 2.75) is 51.8 Å². The fourth-order valence-electron chi connectivity index (χ4n) is 1.60. The van der Waals surface area contributed by atoms with Gasteiger partial charge in [0.2, 0.25) is 5.89 Å². The second kappa shape index (κ2) is 8.53. The molecule has 1 aromatic rings. The standard InChI is InChI=1S/C12H23N3OS/c1-4-7-17-9-11-14-12(16-15-11)8-10(5-2)13-6-3/h10,13H,4-9H2,1-3H3. The lowest BCUT2D eigenvalue weighted by Gasteiger charge is -2.12. The van der Waals surface area contributed by atoms with Gasteiger partial charge in [-0.2, -0.15) is 16.7 Å². The van der Waals surface area contributed by atoms with Crippen LogP contribution in [0.5, 0.6) is 0 Å². The van der Waals surface area contributed by atoms with E-state index >= 15 is 0 Å². The maximum atomic E-state index is 5.26. The molecule has 5 heteroatoms. The van der Waals surface area contributed by atoms with Gasteiger partial charge in [-0.05, 0) is 25.1 Å². The van der Waals surface area contributed by atoms with Crippen LogP contribution < -0.4 is 5.32 Å². The molecule has 0 spiro atoms. The number of nitrogens with one attached hydrogen (secondary N) is 1. The number of hydrogen-bond acceptors (Lipinski definition) is 5. The Balaban J connectivity index is 2.38. The third kappa shape index (κ3) is 5.55. The normalized spacial score (nSPS) is 12.9. The Morgan fingerprint density at radius 2 is 2.18 bits per heavy atom. The van der Waals surface area contributed by atoms with Crippen LogP contribution >= 0.6 is 11.8 Å². The molecule has 0 aliphatic carbocycles. The summed E-state index contributed by atoms with van der Waals surface area (Å²) in [5.41, 5.74) is 0. The summed E-state index contributed by atoms with van der Waals surface area (Å²) in [5.74, 6) is 3.59. The third-order valence-electron chi connectivity index (χ3n) is 2.50. The Kier molecular flexibility index (Phi) is 7.28. The smallest absolute Gasteiger partial charge is 0.228 e. The summed E-state index contributed by atoms with van der Waals surface area (Å²) >= 11 is 1.85. The maximum absolute atomic E-state index is 5.26. The topological polar surface area (TPSA) is 51.0 Å². The molecule has 0 saturated heterocycles. The molecular weight excluding hydrogens is 234 g/mol. The summed E-state index contributed by atoms with van der Waals surface area (Å²) in [6.07, 6.45) is 3.10. The fourth-order valence-corrected chi connectivity index (χ4v) is 2.33. The predicted molar refractivity (Wildman–Crippen MR) is 72.2 cm³/mol. The van der Waals surface area contributed by atoms with Crippen LogP contribution in [0.4, 0.5) is 0 Å². The molecule has 1 unspecified atom stereocenters. The van der Waals surface area contributed by atoms with Gasteiger partial charge in [-0.3, -0.25) is 0 Å². The third-order valence-corrected chi connectivity index (χ3v) is 3.66. The molecule has 1 rings (SSSR count). The van der Waals surface area contributed by atoms with Crippen molar-refractivity contribution in [1.29, 1.82) is 0 Å². The Morgan fingerprint density at radius 1 is 1.35 bits per heavy atom. The molecule has 0 aromatic carbocycles. The van der Waals surface area contributed by atoms with E-state index in [2.05, 4.69) is 36.2 Å². The lowest BCUT2D eigenvalue weighted by atomic mass is 10.1. The molecule has 0 amide bonds. The van der Waals surface area contributed by atoms with Gasteiger partial charge in [0, 0.05) is 12.5 Å². The first-order valence-corrected chi connectivity index (χ1v) is 7.58. The Hall–Kier alpha value is -0.550. The highest BCUT2D eigenvalue weighted by atomic mass is 32.2. The Labute approximate surface area is 108 Å². The van der Waals surface area contributed by atoms with Crippen molar-refractivity contribution in [2.75, 3.05) is 12.3 Å². The lowest BCUT2D eigenvalue weighted by molar-refractivity contribution is 0.352. The molecule has 0 radical (unpaired) electrons. The van der Waals surface area contributed by atoms with Gasteiger partial charge in [0.15, 0.2) is 5.82 Å². The predicted octanol–water partition coefficient (Wildman–Crippen LogP) is 2.64. The number of aromatic nitrogens is 2. The zero-order valence-electron chi connectivity index (χ0n) is 11.0. The van der Waals surface area contributed by atoms with Gasteiger partial charge < -0.3 is 9.84 Å². The summed E-state index contributed by atoms with van der Waals surface area (Å²) in [4.78, 5) is 4.41. The van der Waals surface area contributed by atoms with E-state index in [1.54, 1.807) is 0 Å². The minimum Gasteiger partial charge on any atom is -0.339 e. The van der Waals surface area contributed by atoms with Crippen LogP contribution in [0.25, 0.3) is 0 Å². The SMILES string of the molecule is CCCSCc1noc(CC(CC)NCC)n1. The van der Waals surface area contributed by atoms with Gasteiger partial charge in [0.05, 0.1) is 5.75 Å². The maximum Gasteiger partial charge on any atom is 0.228 e. The van der Waals surface area contributed by atoms with Gasteiger partial charge in [-0.15, -0.1) is 0 Å². The molecule has 17 heavy (non-hydrogen) atoms. The minimum absolute atomic E-state index is 0.441. The second-order valence-corrected chi connectivity index (χ2v) is 5.13. The van der Waals surface area contributed by atoms with Crippen molar-refractivity contribution in [2.24, 2.45) is 0 Å². The number of nitrogens with zero attached hydrogens (tertiary/aromatic N) is 2. The first kappa shape index (κ1) is 14.5. The zero-order chi connectivity index (χ0) is 12.5. The largest absolute Gasteiger partial charge is 0.339 e. The summed E-state index contributed by atoms with van der Waals surface area (Å²) in [5, 5.41) is 7.41. The van der Waals surface area contributed by atoms with Gasteiger partial charge in [-0.1, -0.05) is 25.9 Å². The highest BCUT2D eigenvalue weighted by Crippen LogP contribution is 2.11. The van der Waals surface area contributed by atoms with Crippen LogP contribution in [0.1, 0.15) is 45.3 Å². The monoisotopic (exact) mass is 257 g/mol. The molecule has 0 aliphatic rings. The Bertz CT molecular complexity index is 304. The van der Waals surface area contributed by atoms with Crippen molar-refractivity contribution in [3.8, 4) is 0 Å². The minimum atomic E-state index is 0.441. The molecule has 4 nitrogen and oxygen atoms in total. The van der Waals surface area contributed by atoms with E-state index in [1.165, 1.54) is 6.42 Å². The molecule has 0 bridgehead atoms. The van der Waals surface area contributed by atoms with Crippen LogP contribution in [0.3, 0.4) is 0 Å². The second-order valence-electron chi connectivity index (χ2n) is 4.02. The molecule has 1 atom stereocenters. The number of rotatable bonds is 9. The molecule has 1 aromatic heterocycles. The van der Waals surface area contributed by atoms with Crippen LogP contribution in [0, 0.1) is 0 Å². The van der Waals surface area contributed by atoms with Gasteiger partial charge in [0.25, 0.3) is 0 Å². The first-order valence-electron chi connectivity index (χ1n) is 6.42. The average molecular weight is 257 g/mol. The van der Waals surface area contributed by atoms with Crippen molar-refractivity contribution < 1.29 is 4.52 Å². The fraction of sp³-hybridized carbons (Fsp3) is 0.833. The highest BCUT2D eigenvalue weighted by Gasteiger charge is 2.12. The molecule has 1 heterocycles. The highest BCUT2D eigenvalue weighted by molar-refractivity contribution is 7.98. The van der Waals surface area contributed by atoms with Crippen molar-refractivity contribution >= 4 is 11.8 Å². The molecule has 0 fully saturated rings. The van der Waals surface area contributed by atoms with Gasteiger partial charge in [0.1, 0.15) is 0 Å². The summed E-state index contributed by atoms with van der Waals surface area (Å²) in [6.45, 7) is 7.44. The average Bonchev–Trinajstić information content (AvgIpc) is 2.77. The number of hydrogen-bond donors (Lipinski definition) is 1. The van der Waals surface area contributed by atoms with Crippen LogP contribution in [-0.2, 0) is 12.2 Å². The number of likely N-dealkylation sites (N-methyl/N-ethyl adjacent to an activating group) is 1. The van der Waals surface area contributed by atoms with E-state index in [4.69, 9.17) is 4.52 Å². The van der Waals surface area contributed by atoms with E-state index in [9.17, 15) is 0 Å². The quantitative estimate of drug-likeness (QED) is 0.689.